The van der Waals surface area contributed by atoms with Crippen LogP contribution in [0.2, 0.25) is 0 Å². The molecule has 0 aliphatic heterocycles. The Morgan fingerprint density at radius 3 is 2.96 bits per heavy atom. The first-order valence-electron chi connectivity index (χ1n) is 8.72. The second kappa shape index (κ2) is 7.85. The number of H-pyrrole nitrogens is 1. The van der Waals surface area contributed by atoms with Crippen molar-refractivity contribution >= 4 is 45.3 Å². The van der Waals surface area contributed by atoms with Gasteiger partial charge < -0.3 is 15.0 Å². The summed E-state index contributed by atoms with van der Waals surface area (Å²) in [5.41, 5.74) is 2.72. The van der Waals surface area contributed by atoms with Crippen molar-refractivity contribution in [1.29, 1.82) is 0 Å². The molecule has 0 saturated carbocycles. The molecule has 142 valence electrons. The predicted molar refractivity (Wildman–Crippen MR) is 108 cm³/mol. The fraction of sp³-hybridized carbons (Fsp3) is 0.150. The number of carbonyl (C=O) groups is 1. The van der Waals surface area contributed by atoms with Gasteiger partial charge in [0.15, 0.2) is 0 Å². The number of nitrogens with one attached hydrogen (secondary N) is 2. The monoisotopic (exact) mass is 396 g/mol. The van der Waals surface area contributed by atoms with Crippen molar-refractivity contribution < 1.29 is 13.9 Å². The summed E-state index contributed by atoms with van der Waals surface area (Å²) >= 11 is 1.29. The molecular formula is C20H17FN4O2S. The average Bonchev–Trinajstić information content (AvgIpc) is 3.06. The van der Waals surface area contributed by atoms with Crippen LogP contribution in [0.4, 0.5) is 10.1 Å². The number of anilines is 1. The molecule has 0 saturated heterocycles. The number of carbonyl (C=O) groups excluding carboxylic acids is 1. The summed E-state index contributed by atoms with van der Waals surface area (Å²) in [6, 6.07) is 11.8. The topological polar surface area (TPSA) is 79.9 Å². The minimum Gasteiger partial charge on any atom is -0.492 e. The van der Waals surface area contributed by atoms with Gasteiger partial charge in [0.1, 0.15) is 28.4 Å². The molecule has 2 aromatic carbocycles. The molecule has 8 heteroatoms. The fourth-order valence-electron chi connectivity index (χ4n) is 2.92. The van der Waals surface area contributed by atoms with Gasteiger partial charge in [-0.05, 0) is 37.3 Å². The third-order valence-electron chi connectivity index (χ3n) is 4.11. The number of halogens is 1. The second-order valence-corrected chi connectivity index (χ2v) is 6.95. The zero-order chi connectivity index (χ0) is 19.5. The second-order valence-electron chi connectivity index (χ2n) is 5.98. The molecule has 0 unspecified atom stereocenters. The van der Waals surface area contributed by atoms with E-state index < -0.39 is 0 Å². The number of fused-ring (bicyclic) bond motifs is 3. The summed E-state index contributed by atoms with van der Waals surface area (Å²) in [6.45, 7) is 2.41. The van der Waals surface area contributed by atoms with Crippen LogP contribution in [0, 0.1) is 5.82 Å². The third kappa shape index (κ3) is 3.63. The van der Waals surface area contributed by atoms with Gasteiger partial charge >= 0.3 is 0 Å². The number of para-hydroxylation sites is 2. The zero-order valence-electron chi connectivity index (χ0n) is 15.0. The molecule has 2 aromatic heterocycles. The van der Waals surface area contributed by atoms with Crippen molar-refractivity contribution in [2.75, 3.05) is 17.7 Å². The molecule has 0 aliphatic rings. The van der Waals surface area contributed by atoms with Crippen molar-refractivity contribution in [2.45, 2.75) is 11.9 Å². The van der Waals surface area contributed by atoms with Gasteiger partial charge in [0.05, 0.1) is 23.6 Å². The fourth-order valence-corrected chi connectivity index (χ4v) is 3.68. The molecule has 6 nitrogen and oxygen atoms in total. The molecule has 0 spiro atoms. The standard InChI is InChI=1S/C20H17FN4O2S/c1-2-27-16-6-4-3-5-15(16)24-17(26)10-28-20-19-18(22-11-23-20)13-9-12(21)7-8-14(13)25-19/h3-9,11,25H,2,10H2,1H3,(H,24,26). The number of aromatic nitrogens is 3. The summed E-state index contributed by atoms with van der Waals surface area (Å²) in [7, 11) is 0. The Kier molecular flexibility index (Phi) is 5.12. The molecule has 2 heterocycles. The number of ether oxygens (including phenoxy) is 1. The van der Waals surface area contributed by atoms with E-state index in [1.165, 1.54) is 30.2 Å². The Hall–Kier alpha value is -3.13. The summed E-state index contributed by atoms with van der Waals surface area (Å²) in [4.78, 5) is 24.1. The molecule has 4 aromatic rings. The highest BCUT2D eigenvalue weighted by Crippen LogP contribution is 2.30. The van der Waals surface area contributed by atoms with Gasteiger partial charge in [0, 0.05) is 10.9 Å². The normalized spacial score (nSPS) is 11.1. The Balaban J connectivity index is 1.53. The minimum absolute atomic E-state index is 0.163. The van der Waals surface area contributed by atoms with Gasteiger partial charge in [-0.15, -0.1) is 0 Å². The van der Waals surface area contributed by atoms with Gasteiger partial charge in [-0.3, -0.25) is 4.79 Å². The van der Waals surface area contributed by atoms with Crippen molar-refractivity contribution in [3.05, 3.63) is 54.6 Å². The van der Waals surface area contributed by atoms with Gasteiger partial charge in [0.25, 0.3) is 0 Å². The van der Waals surface area contributed by atoms with Crippen molar-refractivity contribution in [3.63, 3.8) is 0 Å². The van der Waals surface area contributed by atoms with E-state index in [2.05, 4.69) is 20.3 Å². The maximum absolute atomic E-state index is 13.6. The lowest BCUT2D eigenvalue weighted by Crippen LogP contribution is -2.15. The van der Waals surface area contributed by atoms with E-state index in [9.17, 15) is 9.18 Å². The van der Waals surface area contributed by atoms with E-state index >= 15 is 0 Å². The lowest BCUT2D eigenvalue weighted by atomic mass is 10.2. The van der Waals surface area contributed by atoms with Gasteiger partial charge in [-0.25, -0.2) is 14.4 Å². The number of nitrogens with zero attached hydrogens (tertiary/aromatic N) is 2. The molecular weight excluding hydrogens is 379 g/mol. The Bertz CT molecular complexity index is 1160. The number of amides is 1. The largest absolute Gasteiger partial charge is 0.492 e. The zero-order valence-corrected chi connectivity index (χ0v) is 15.8. The summed E-state index contributed by atoms with van der Waals surface area (Å²) in [5, 5.41) is 4.18. The van der Waals surface area contributed by atoms with Crippen molar-refractivity contribution in [3.8, 4) is 5.75 Å². The SMILES string of the molecule is CCOc1ccccc1NC(=O)CSc1ncnc2c1[nH]c1ccc(F)cc12. The van der Waals surface area contributed by atoms with E-state index in [0.29, 0.717) is 39.5 Å². The Morgan fingerprint density at radius 2 is 2.11 bits per heavy atom. The quantitative estimate of drug-likeness (QED) is 0.373. The summed E-state index contributed by atoms with van der Waals surface area (Å²) < 4.78 is 19.1. The molecule has 0 aliphatic carbocycles. The van der Waals surface area contributed by atoms with Crippen LogP contribution < -0.4 is 10.1 Å². The molecule has 0 atom stereocenters. The van der Waals surface area contributed by atoms with Crippen LogP contribution in [0.1, 0.15) is 6.92 Å². The summed E-state index contributed by atoms with van der Waals surface area (Å²) in [6.07, 6.45) is 1.42. The maximum atomic E-state index is 13.6. The summed E-state index contributed by atoms with van der Waals surface area (Å²) in [5.74, 6) is 0.293. The van der Waals surface area contributed by atoms with E-state index in [1.807, 2.05) is 25.1 Å². The van der Waals surface area contributed by atoms with E-state index in [4.69, 9.17) is 4.74 Å². The van der Waals surface area contributed by atoms with Crippen molar-refractivity contribution in [2.24, 2.45) is 0 Å². The third-order valence-corrected chi connectivity index (χ3v) is 5.10. The first-order chi connectivity index (χ1) is 13.7. The molecule has 0 bridgehead atoms. The molecule has 1 amide bonds. The van der Waals surface area contributed by atoms with E-state index in [0.717, 1.165) is 5.52 Å². The first-order valence-corrected chi connectivity index (χ1v) is 9.70. The lowest BCUT2D eigenvalue weighted by molar-refractivity contribution is -0.113. The number of thioether (sulfide) groups is 1. The van der Waals surface area contributed by atoms with Gasteiger partial charge in [-0.1, -0.05) is 23.9 Å². The van der Waals surface area contributed by atoms with Crippen LogP contribution in [-0.2, 0) is 4.79 Å². The number of rotatable bonds is 6. The molecule has 28 heavy (non-hydrogen) atoms. The maximum Gasteiger partial charge on any atom is 0.234 e. The van der Waals surface area contributed by atoms with E-state index in [-0.39, 0.29) is 17.5 Å². The highest BCUT2D eigenvalue weighted by Gasteiger charge is 2.14. The average molecular weight is 396 g/mol. The Labute approximate surface area is 164 Å². The molecule has 4 rings (SSSR count). The number of aromatic amines is 1. The van der Waals surface area contributed by atoms with Gasteiger partial charge in [-0.2, -0.15) is 0 Å². The highest BCUT2D eigenvalue weighted by atomic mass is 32.2. The number of hydrogen-bond donors (Lipinski definition) is 2. The minimum atomic E-state index is -0.325. The highest BCUT2D eigenvalue weighted by molar-refractivity contribution is 8.00. The van der Waals surface area contributed by atoms with E-state index in [1.54, 1.807) is 12.1 Å². The first kappa shape index (κ1) is 18.2. The van der Waals surface area contributed by atoms with Crippen LogP contribution in [0.15, 0.2) is 53.8 Å². The molecule has 2 N–H and O–H groups in total. The smallest absolute Gasteiger partial charge is 0.234 e. The van der Waals surface area contributed by atoms with Crippen molar-refractivity contribution in [1.82, 2.24) is 15.0 Å². The van der Waals surface area contributed by atoms with Crippen LogP contribution in [-0.4, -0.2) is 33.2 Å². The Morgan fingerprint density at radius 1 is 1.25 bits per heavy atom. The van der Waals surface area contributed by atoms with Crippen LogP contribution in [0.3, 0.4) is 0 Å². The number of benzene rings is 2. The molecule has 0 fully saturated rings. The predicted octanol–water partition coefficient (Wildman–Crippen LogP) is 4.38. The number of hydrogen-bond acceptors (Lipinski definition) is 5. The lowest BCUT2D eigenvalue weighted by Gasteiger charge is -2.11. The van der Waals surface area contributed by atoms with Crippen LogP contribution >= 0.6 is 11.8 Å². The van der Waals surface area contributed by atoms with Gasteiger partial charge in [0.2, 0.25) is 5.91 Å². The molecule has 0 radical (unpaired) electrons. The van der Waals surface area contributed by atoms with Crippen LogP contribution in [0.5, 0.6) is 5.75 Å². The van der Waals surface area contributed by atoms with Crippen LogP contribution in [0.25, 0.3) is 21.9 Å².